The third-order valence-electron chi connectivity index (χ3n) is 1.80. The van der Waals surface area contributed by atoms with Gasteiger partial charge in [0.25, 0.3) is 10.2 Å². The molecule has 0 atom stereocenters. The van der Waals surface area contributed by atoms with E-state index >= 15 is 0 Å². The van der Waals surface area contributed by atoms with Gasteiger partial charge in [-0.1, -0.05) is 6.92 Å². The van der Waals surface area contributed by atoms with Gasteiger partial charge in [-0.2, -0.15) is 18.2 Å². The van der Waals surface area contributed by atoms with E-state index in [1.807, 2.05) is 0 Å². The number of anilines is 1. The topological polar surface area (TPSA) is 102 Å². The summed E-state index contributed by atoms with van der Waals surface area (Å²) < 4.78 is 28.9. The molecule has 0 saturated carbocycles. The number of nitrogens with one attached hydrogen (secondary N) is 2. The molecule has 1 rings (SSSR count). The lowest BCUT2D eigenvalue weighted by Gasteiger charge is -2.09. The lowest BCUT2D eigenvalue weighted by molar-refractivity contribution is 0.588. The van der Waals surface area contributed by atoms with Gasteiger partial charge in [0, 0.05) is 25.7 Å². The maximum absolute atomic E-state index is 11.4. The summed E-state index contributed by atoms with van der Waals surface area (Å²) in [5.41, 5.74) is 6.10. The van der Waals surface area contributed by atoms with Crippen LogP contribution in [0.4, 0.5) is 5.82 Å². The summed E-state index contributed by atoms with van der Waals surface area (Å²) in [4.78, 5) is 0. The second-order valence-corrected chi connectivity index (χ2v) is 4.45. The van der Waals surface area contributed by atoms with Gasteiger partial charge in [0.2, 0.25) is 0 Å². The standard InChI is InChI=1S/C7H15N5O2S/c1-3-10-15(13,14)11-7-6(4-8)5-9-12(7)2/h5,10-11H,3-4,8H2,1-2H3. The molecule has 0 radical (unpaired) electrons. The van der Waals surface area contributed by atoms with Gasteiger partial charge in [-0.25, -0.2) is 0 Å². The number of hydrogen-bond donors (Lipinski definition) is 3. The summed E-state index contributed by atoms with van der Waals surface area (Å²) in [5, 5.41) is 3.91. The molecule has 0 aromatic carbocycles. The van der Waals surface area contributed by atoms with Crippen LogP contribution in [0, 0.1) is 0 Å². The van der Waals surface area contributed by atoms with Gasteiger partial charge >= 0.3 is 0 Å². The first-order valence-electron chi connectivity index (χ1n) is 4.48. The molecule has 8 heteroatoms. The Hall–Kier alpha value is -1.12. The highest BCUT2D eigenvalue weighted by Crippen LogP contribution is 2.13. The van der Waals surface area contributed by atoms with Crippen molar-refractivity contribution in [1.82, 2.24) is 14.5 Å². The van der Waals surface area contributed by atoms with Crippen molar-refractivity contribution >= 4 is 16.0 Å². The molecule has 15 heavy (non-hydrogen) atoms. The molecule has 0 aliphatic heterocycles. The largest absolute Gasteiger partial charge is 0.326 e. The van der Waals surface area contributed by atoms with E-state index in [1.54, 1.807) is 14.0 Å². The first kappa shape index (κ1) is 12.0. The second kappa shape index (κ2) is 4.60. The van der Waals surface area contributed by atoms with Crippen LogP contribution in [0.5, 0.6) is 0 Å². The van der Waals surface area contributed by atoms with Crippen LogP contribution in [-0.4, -0.2) is 24.7 Å². The van der Waals surface area contributed by atoms with Crippen LogP contribution in [0.15, 0.2) is 6.20 Å². The normalized spacial score (nSPS) is 11.7. The number of hydrogen-bond acceptors (Lipinski definition) is 4. The number of aromatic nitrogens is 2. The Morgan fingerprint density at radius 3 is 2.80 bits per heavy atom. The summed E-state index contributed by atoms with van der Waals surface area (Å²) in [5.74, 6) is 0.387. The monoisotopic (exact) mass is 233 g/mol. The van der Waals surface area contributed by atoms with Crippen molar-refractivity contribution in [2.45, 2.75) is 13.5 Å². The van der Waals surface area contributed by atoms with Crippen LogP contribution >= 0.6 is 0 Å². The molecule has 0 fully saturated rings. The third kappa shape index (κ3) is 2.91. The van der Waals surface area contributed by atoms with Crippen LogP contribution in [0.2, 0.25) is 0 Å². The van der Waals surface area contributed by atoms with E-state index < -0.39 is 10.2 Å². The molecule has 1 aromatic heterocycles. The van der Waals surface area contributed by atoms with Crippen molar-refractivity contribution in [3.8, 4) is 0 Å². The zero-order valence-electron chi connectivity index (χ0n) is 8.69. The van der Waals surface area contributed by atoms with Gasteiger partial charge in [0.05, 0.1) is 6.20 Å². The van der Waals surface area contributed by atoms with E-state index in [1.165, 1.54) is 10.9 Å². The summed E-state index contributed by atoms with van der Waals surface area (Å²) in [6.45, 7) is 2.26. The molecule has 4 N–H and O–H groups in total. The highest BCUT2D eigenvalue weighted by atomic mass is 32.2. The molecule has 0 aliphatic carbocycles. The Balaban J connectivity index is 2.93. The van der Waals surface area contributed by atoms with Crippen molar-refractivity contribution in [3.05, 3.63) is 11.8 Å². The van der Waals surface area contributed by atoms with Crippen LogP contribution in [0.3, 0.4) is 0 Å². The van der Waals surface area contributed by atoms with Gasteiger partial charge in [-0.15, -0.1) is 0 Å². The van der Waals surface area contributed by atoms with Crippen molar-refractivity contribution in [2.24, 2.45) is 12.8 Å². The summed E-state index contributed by atoms with van der Waals surface area (Å²) >= 11 is 0. The van der Waals surface area contributed by atoms with Crippen molar-refractivity contribution in [2.75, 3.05) is 11.3 Å². The fourth-order valence-electron chi connectivity index (χ4n) is 1.12. The minimum absolute atomic E-state index is 0.234. The molecule has 7 nitrogen and oxygen atoms in total. The van der Waals surface area contributed by atoms with E-state index in [0.717, 1.165) is 0 Å². The summed E-state index contributed by atoms with van der Waals surface area (Å²) in [6.07, 6.45) is 1.53. The Labute approximate surface area is 88.8 Å². The van der Waals surface area contributed by atoms with Crippen LogP contribution in [0.25, 0.3) is 0 Å². The second-order valence-electron chi connectivity index (χ2n) is 2.95. The van der Waals surface area contributed by atoms with Gasteiger partial charge in [0.15, 0.2) is 0 Å². The summed E-state index contributed by atoms with van der Waals surface area (Å²) in [6, 6.07) is 0. The van der Waals surface area contributed by atoms with Gasteiger partial charge in [-0.3, -0.25) is 9.40 Å². The van der Waals surface area contributed by atoms with E-state index in [4.69, 9.17) is 5.73 Å². The fourth-order valence-corrected chi connectivity index (χ4v) is 2.09. The molecule has 0 aliphatic rings. The maximum Gasteiger partial charge on any atom is 0.300 e. The molecule has 0 spiro atoms. The molecule has 0 saturated heterocycles. The van der Waals surface area contributed by atoms with Crippen molar-refractivity contribution < 1.29 is 8.42 Å². The average molecular weight is 233 g/mol. The minimum atomic E-state index is -3.53. The number of aryl methyl sites for hydroxylation is 1. The molecule has 0 unspecified atom stereocenters. The van der Waals surface area contributed by atoms with E-state index in [9.17, 15) is 8.42 Å². The lowest BCUT2D eigenvalue weighted by Crippen LogP contribution is -2.31. The van der Waals surface area contributed by atoms with Gasteiger partial charge in [-0.05, 0) is 0 Å². The van der Waals surface area contributed by atoms with E-state index in [0.29, 0.717) is 17.9 Å². The molecule has 0 bridgehead atoms. The highest BCUT2D eigenvalue weighted by Gasteiger charge is 2.14. The first-order valence-corrected chi connectivity index (χ1v) is 5.96. The van der Waals surface area contributed by atoms with Crippen LogP contribution in [-0.2, 0) is 23.8 Å². The van der Waals surface area contributed by atoms with E-state index in [2.05, 4.69) is 14.5 Å². The molecular formula is C7H15N5O2S. The predicted octanol–water partition coefficient (Wildman–Crippen LogP) is -0.855. The van der Waals surface area contributed by atoms with Crippen LogP contribution in [0.1, 0.15) is 12.5 Å². The lowest BCUT2D eigenvalue weighted by atomic mass is 10.3. The molecule has 1 heterocycles. The Kier molecular flexibility index (Phi) is 3.66. The predicted molar refractivity (Wildman–Crippen MR) is 57.3 cm³/mol. The molecule has 86 valence electrons. The SMILES string of the molecule is CCNS(=O)(=O)Nc1c(CN)cnn1C. The minimum Gasteiger partial charge on any atom is -0.326 e. The summed E-state index contributed by atoms with van der Waals surface area (Å²) in [7, 11) is -1.88. The highest BCUT2D eigenvalue weighted by molar-refractivity contribution is 7.90. The Bertz CT molecular complexity index is 425. The smallest absolute Gasteiger partial charge is 0.300 e. The van der Waals surface area contributed by atoms with E-state index in [-0.39, 0.29) is 6.54 Å². The van der Waals surface area contributed by atoms with Gasteiger partial charge < -0.3 is 5.73 Å². The third-order valence-corrected chi connectivity index (χ3v) is 2.93. The quantitative estimate of drug-likeness (QED) is 0.616. The Morgan fingerprint density at radius 2 is 2.27 bits per heavy atom. The molecular weight excluding hydrogens is 218 g/mol. The maximum atomic E-state index is 11.4. The molecule has 1 aromatic rings. The van der Waals surface area contributed by atoms with Crippen LogP contribution < -0.4 is 15.2 Å². The number of rotatable bonds is 5. The Morgan fingerprint density at radius 1 is 1.60 bits per heavy atom. The zero-order chi connectivity index (χ0) is 11.5. The fraction of sp³-hybridized carbons (Fsp3) is 0.571. The zero-order valence-corrected chi connectivity index (χ0v) is 9.50. The van der Waals surface area contributed by atoms with Crippen molar-refractivity contribution in [1.29, 1.82) is 0 Å². The number of nitrogens with two attached hydrogens (primary N) is 1. The van der Waals surface area contributed by atoms with Crippen molar-refractivity contribution in [3.63, 3.8) is 0 Å². The molecule has 0 amide bonds. The number of nitrogens with zero attached hydrogens (tertiary/aromatic N) is 2. The van der Waals surface area contributed by atoms with Gasteiger partial charge in [0.1, 0.15) is 5.82 Å². The average Bonchev–Trinajstić information content (AvgIpc) is 2.47. The first-order chi connectivity index (χ1) is 7.00.